The summed E-state index contributed by atoms with van der Waals surface area (Å²) in [5, 5.41) is 12.6. The summed E-state index contributed by atoms with van der Waals surface area (Å²) in [7, 11) is 1.94. The van der Waals surface area contributed by atoms with Crippen LogP contribution in [0.3, 0.4) is 0 Å². The van der Waals surface area contributed by atoms with Crippen LogP contribution in [0.2, 0.25) is 0 Å². The van der Waals surface area contributed by atoms with E-state index in [0.717, 1.165) is 30.5 Å². The van der Waals surface area contributed by atoms with Crippen molar-refractivity contribution >= 4 is 23.7 Å². The molecule has 0 saturated carbocycles. The highest BCUT2D eigenvalue weighted by molar-refractivity contribution is 5.86. The molecule has 0 aliphatic carbocycles. The van der Waals surface area contributed by atoms with E-state index < -0.39 is 0 Å². The van der Waals surface area contributed by atoms with Crippen LogP contribution in [0, 0.1) is 11.3 Å². The Morgan fingerprint density at radius 3 is 2.85 bits per heavy atom. The third-order valence-corrected chi connectivity index (χ3v) is 4.30. The number of carbonyl (C=O) groups is 2. The van der Waals surface area contributed by atoms with Gasteiger partial charge in [-0.1, -0.05) is 18.6 Å². The Morgan fingerprint density at radius 1 is 1.35 bits per heavy atom. The highest BCUT2D eigenvalue weighted by Crippen LogP contribution is 2.13. The van der Waals surface area contributed by atoms with Gasteiger partial charge in [0.2, 0.25) is 5.91 Å². The molecule has 138 valence electrons. The molecule has 2 rings (SSSR count). The maximum absolute atomic E-state index is 12.0. The van der Waals surface area contributed by atoms with Gasteiger partial charge in [-0.15, -0.1) is 0 Å². The summed E-state index contributed by atoms with van der Waals surface area (Å²) in [5.41, 5.74) is 4.34. The van der Waals surface area contributed by atoms with Crippen molar-refractivity contribution < 1.29 is 9.59 Å². The van der Waals surface area contributed by atoms with Gasteiger partial charge in [-0.05, 0) is 30.5 Å². The second kappa shape index (κ2) is 10.2. The first kappa shape index (κ1) is 19.4. The fourth-order valence-corrected chi connectivity index (χ4v) is 2.75. The molecule has 26 heavy (non-hydrogen) atoms. The molecule has 1 aliphatic heterocycles. The van der Waals surface area contributed by atoms with Crippen LogP contribution >= 0.6 is 0 Å². The normalized spacial score (nSPS) is 14.8. The number of likely N-dealkylation sites (tertiary alicyclic amines) is 1. The van der Waals surface area contributed by atoms with E-state index in [1.807, 2.05) is 36.2 Å². The highest BCUT2D eigenvalue weighted by atomic mass is 16.2. The van der Waals surface area contributed by atoms with Gasteiger partial charge in [0.15, 0.2) is 0 Å². The molecule has 0 spiro atoms. The molecule has 0 atom stereocenters. The number of benzene rings is 1. The number of amides is 2. The Bertz CT molecular complexity index is 678. The van der Waals surface area contributed by atoms with Crippen molar-refractivity contribution in [2.45, 2.75) is 32.1 Å². The summed E-state index contributed by atoms with van der Waals surface area (Å²) in [6.07, 6.45) is 5.44. The molecular weight excluding hydrogens is 330 g/mol. The Balaban J connectivity index is 1.81. The molecule has 1 aliphatic rings. The van der Waals surface area contributed by atoms with E-state index >= 15 is 0 Å². The number of hydrogen-bond donors (Lipinski definition) is 1. The van der Waals surface area contributed by atoms with E-state index in [9.17, 15) is 9.59 Å². The number of nitrogens with zero attached hydrogens (tertiary/aromatic N) is 4. The molecule has 7 heteroatoms. The average Bonchev–Trinajstić information content (AvgIpc) is 2.84. The zero-order valence-corrected chi connectivity index (χ0v) is 15.1. The Kier molecular flexibility index (Phi) is 7.62. The number of nitrogens with one attached hydrogen (secondary N) is 1. The van der Waals surface area contributed by atoms with E-state index in [2.05, 4.69) is 16.6 Å². The van der Waals surface area contributed by atoms with E-state index in [4.69, 9.17) is 5.26 Å². The molecule has 1 fully saturated rings. The van der Waals surface area contributed by atoms with Crippen LogP contribution in [0.5, 0.6) is 0 Å². The predicted molar refractivity (Wildman–Crippen MR) is 101 cm³/mol. The van der Waals surface area contributed by atoms with Crippen molar-refractivity contribution in [3.63, 3.8) is 0 Å². The summed E-state index contributed by atoms with van der Waals surface area (Å²) in [5.74, 6) is -0.248. The zero-order chi connectivity index (χ0) is 18.8. The maximum atomic E-state index is 12.0. The Morgan fingerprint density at radius 2 is 2.12 bits per heavy atom. The van der Waals surface area contributed by atoms with Crippen molar-refractivity contribution in [2.75, 3.05) is 31.6 Å². The number of carbonyl (C=O) groups excluding carboxylic acids is 2. The van der Waals surface area contributed by atoms with Gasteiger partial charge in [-0.2, -0.15) is 10.4 Å². The SMILES string of the molecule is CN(CCC#N)c1ccc(/C=N\NC(=O)CN2CCCCCC2=O)cc1. The minimum Gasteiger partial charge on any atom is -0.374 e. The topological polar surface area (TPSA) is 88.8 Å². The summed E-state index contributed by atoms with van der Waals surface area (Å²) in [6, 6.07) is 9.80. The van der Waals surface area contributed by atoms with Gasteiger partial charge in [0, 0.05) is 32.2 Å². The number of anilines is 1. The van der Waals surface area contributed by atoms with Crippen LogP contribution in [-0.2, 0) is 9.59 Å². The largest absolute Gasteiger partial charge is 0.374 e. The molecule has 0 bridgehead atoms. The van der Waals surface area contributed by atoms with E-state index in [-0.39, 0.29) is 18.4 Å². The van der Waals surface area contributed by atoms with E-state index in [1.54, 1.807) is 11.1 Å². The Hall–Kier alpha value is -2.88. The predicted octanol–water partition coefficient (Wildman–Crippen LogP) is 1.89. The van der Waals surface area contributed by atoms with Gasteiger partial charge in [-0.25, -0.2) is 5.43 Å². The van der Waals surface area contributed by atoms with Crippen molar-refractivity contribution in [2.24, 2.45) is 5.10 Å². The molecule has 0 aromatic heterocycles. The van der Waals surface area contributed by atoms with Gasteiger partial charge in [0.1, 0.15) is 6.54 Å². The number of rotatable bonds is 7. The molecule has 1 saturated heterocycles. The van der Waals surface area contributed by atoms with Crippen molar-refractivity contribution in [1.29, 1.82) is 5.26 Å². The minimum atomic E-state index is -0.288. The van der Waals surface area contributed by atoms with Crippen molar-refractivity contribution in [3.05, 3.63) is 29.8 Å². The first-order chi connectivity index (χ1) is 12.6. The summed E-state index contributed by atoms with van der Waals surface area (Å²) >= 11 is 0. The minimum absolute atomic E-state index is 0.0396. The summed E-state index contributed by atoms with van der Waals surface area (Å²) in [4.78, 5) is 27.4. The second-order valence-electron chi connectivity index (χ2n) is 6.34. The molecular formula is C19H25N5O2. The first-order valence-electron chi connectivity index (χ1n) is 8.88. The fourth-order valence-electron chi connectivity index (χ4n) is 2.75. The fraction of sp³-hybridized carbons (Fsp3) is 0.474. The first-order valence-corrected chi connectivity index (χ1v) is 8.88. The third-order valence-electron chi connectivity index (χ3n) is 4.30. The number of hydrazone groups is 1. The van der Waals surface area contributed by atoms with E-state index in [1.165, 1.54) is 0 Å². The van der Waals surface area contributed by atoms with Gasteiger partial charge in [0.25, 0.3) is 5.91 Å². The maximum Gasteiger partial charge on any atom is 0.259 e. The van der Waals surface area contributed by atoms with Crippen LogP contribution in [0.25, 0.3) is 0 Å². The molecule has 0 unspecified atom stereocenters. The van der Waals surface area contributed by atoms with Gasteiger partial charge < -0.3 is 9.80 Å². The lowest BCUT2D eigenvalue weighted by molar-refractivity contribution is -0.135. The lowest BCUT2D eigenvalue weighted by atomic mass is 10.2. The lowest BCUT2D eigenvalue weighted by Gasteiger charge is -2.18. The second-order valence-corrected chi connectivity index (χ2v) is 6.34. The smallest absolute Gasteiger partial charge is 0.259 e. The highest BCUT2D eigenvalue weighted by Gasteiger charge is 2.18. The van der Waals surface area contributed by atoms with Crippen LogP contribution in [0.1, 0.15) is 37.7 Å². The van der Waals surface area contributed by atoms with Gasteiger partial charge in [-0.3, -0.25) is 9.59 Å². The molecule has 1 heterocycles. The quantitative estimate of drug-likeness (QED) is 0.597. The summed E-state index contributed by atoms with van der Waals surface area (Å²) < 4.78 is 0. The zero-order valence-electron chi connectivity index (χ0n) is 15.1. The van der Waals surface area contributed by atoms with Crippen LogP contribution < -0.4 is 10.3 Å². The standard InChI is InChI=1S/C19H25N5O2/c1-23(12-5-11-20)17-9-7-16(8-10-17)14-21-22-18(25)15-24-13-4-2-3-6-19(24)26/h7-10,14H,2-6,12-13,15H2,1H3,(H,22,25)/b21-14-. The van der Waals surface area contributed by atoms with Gasteiger partial charge in [0.05, 0.1) is 18.7 Å². The van der Waals surface area contributed by atoms with Crippen LogP contribution in [0.4, 0.5) is 5.69 Å². The van der Waals surface area contributed by atoms with Gasteiger partial charge >= 0.3 is 0 Å². The Labute approximate surface area is 154 Å². The third kappa shape index (κ3) is 6.20. The molecule has 7 nitrogen and oxygen atoms in total. The molecule has 1 aromatic carbocycles. The summed E-state index contributed by atoms with van der Waals surface area (Å²) in [6.45, 7) is 1.37. The molecule has 2 amide bonds. The van der Waals surface area contributed by atoms with Crippen LogP contribution in [0.15, 0.2) is 29.4 Å². The number of hydrogen-bond acceptors (Lipinski definition) is 5. The van der Waals surface area contributed by atoms with Crippen LogP contribution in [-0.4, -0.2) is 49.6 Å². The van der Waals surface area contributed by atoms with Crippen molar-refractivity contribution in [3.8, 4) is 6.07 Å². The number of nitriles is 1. The lowest BCUT2D eigenvalue weighted by Crippen LogP contribution is -2.39. The average molecular weight is 355 g/mol. The molecule has 1 N–H and O–H groups in total. The van der Waals surface area contributed by atoms with E-state index in [0.29, 0.717) is 25.9 Å². The molecule has 0 radical (unpaired) electrons. The monoisotopic (exact) mass is 355 g/mol. The van der Waals surface area contributed by atoms with Crippen molar-refractivity contribution in [1.82, 2.24) is 10.3 Å². The molecule has 1 aromatic rings.